The van der Waals surface area contributed by atoms with E-state index in [0.717, 1.165) is 17.2 Å². The van der Waals surface area contributed by atoms with Crippen molar-refractivity contribution < 1.29 is 35.9 Å². The summed E-state index contributed by atoms with van der Waals surface area (Å²) < 4.78 is 84.1. The van der Waals surface area contributed by atoms with Crippen LogP contribution in [-0.4, -0.2) is 24.0 Å². The van der Waals surface area contributed by atoms with Crippen LogP contribution in [0.5, 0.6) is 0 Å². The quantitative estimate of drug-likeness (QED) is 0.332. The molecule has 3 rings (SSSR count). The molecule has 1 aromatic heterocycles. The fraction of sp³-hybridized carbons (Fsp3) is 0.308. The fourth-order valence-corrected chi connectivity index (χ4v) is 3.61. The Kier molecular flexibility index (Phi) is 9.08. The Balaban J connectivity index is 1.61. The first kappa shape index (κ1) is 27.2. The van der Waals surface area contributed by atoms with E-state index in [0.29, 0.717) is 18.6 Å². The van der Waals surface area contributed by atoms with Crippen LogP contribution in [0, 0.1) is 0 Å². The lowest BCUT2D eigenvalue weighted by Gasteiger charge is -2.19. The SMILES string of the molecule is O=C(CCc1ccncc1)NCC(COCc1ccc(C(F)(F)F)c(C(F)(F)F)c1)c1ccccc1. The minimum atomic E-state index is -5.16. The van der Waals surface area contributed by atoms with Crippen LogP contribution in [0.25, 0.3) is 0 Å². The number of aryl methyl sites for hydroxylation is 1. The van der Waals surface area contributed by atoms with Crippen LogP contribution >= 0.6 is 0 Å². The van der Waals surface area contributed by atoms with Gasteiger partial charge in [0.05, 0.1) is 24.3 Å². The van der Waals surface area contributed by atoms with Crippen molar-refractivity contribution in [2.24, 2.45) is 0 Å². The molecule has 3 aromatic rings. The number of nitrogens with zero attached hydrogens (tertiary/aromatic N) is 1. The number of pyridine rings is 1. The highest BCUT2D eigenvalue weighted by Crippen LogP contribution is 2.40. The molecule has 0 bridgehead atoms. The number of halogens is 6. The second kappa shape index (κ2) is 12.0. The van der Waals surface area contributed by atoms with Crippen molar-refractivity contribution in [3.05, 3.63) is 101 Å². The monoisotopic (exact) mass is 510 g/mol. The molecule has 0 radical (unpaired) electrons. The van der Waals surface area contributed by atoms with Gasteiger partial charge < -0.3 is 10.1 Å². The first-order chi connectivity index (χ1) is 17.0. The Morgan fingerprint density at radius 2 is 1.53 bits per heavy atom. The number of aromatic nitrogens is 1. The van der Waals surface area contributed by atoms with Crippen LogP contribution < -0.4 is 5.32 Å². The van der Waals surface area contributed by atoms with E-state index in [4.69, 9.17) is 4.74 Å². The molecule has 1 N–H and O–H groups in total. The minimum absolute atomic E-state index is 0.0384. The summed E-state index contributed by atoms with van der Waals surface area (Å²) in [7, 11) is 0. The highest BCUT2D eigenvalue weighted by molar-refractivity contribution is 5.76. The lowest BCUT2D eigenvalue weighted by Crippen LogP contribution is -2.30. The Hall–Kier alpha value is -3.40. The van der Waals surface area contributed by atoms with E-state index in [2.05, 4.69) is 10.3 Å². The average molecular weight is 510 g/mol. The molecule has 1 unspecified atom stereocenters. The number of ether oxygens (including phenoxy) is 1. The van der Waals surface area contributed by atoms with Gasteiger partial charge in [0.25, 0.3) is 0 Å². The molecular formula is C26H24F6N2O2. The zero-order valence-corrected chi connectivity index (χ0v) is 19.1. The summed E-state index contributed by atoms with van der Waals surface area (Å²) in [6.07, 6.45) is -6.20. The van der Waals surface area contributed by atoms with Crippen molar-refractivity contribution >= 4 is 5.91 Å². The van der Waals surface area contributed by atoms with Gasteiger partial charge in [0.2, 0.25) is 5.91 Å². The van der Waals surface area contributed by atoms with Crippen LogP contribution in [0.3, 0.4) is 0 Å². The lowest BCUT2D eigenvalue weighted by atomic mass is 9.99. The third kappa shape index (κ3) is 8.08. The molecule has 10 heteroatoms. The molecule has 36 heavy (non-hydrogen) atoms. The van der Waals surface area contributed by atoms with E-state index in [1.54, 1.807) is 24.5 Å². The van der Waals surface area contributed by atoms with Gasteiger partial charge in [-0.2, -0.15) is 26.3 Å². The van der Waals surface area contributed by atoms with Crippen LogP contribution in [0.4, 0.5) is 26.3 Å². The topological polar surface area (TPSA) is 51.2 Å². The van der Waals surface area contributed by atoms with Crippen LogP contribution in [0.15, 0.2) is 73.1 Å². The van der Waals surface area contributed by atoms with Gasteiger partial charge in [-0.3, -0.25) is 9.78 Å². The number of carbonyl (C=O) groups is 1. The second-order valence-electron chi connectivity index (χ2n) is 8.16. The summed E-state index contributed by atoms with van der Waals surface area (Å²) in [6, 6.07) is 14.6. The number of hydrogen-bond acceptors (Lipinski definition) is 3. The molecule has 2 aromatic carbocycles. The Morgan fingerprint density at radius 1 is 0.861 bits per heavy atom. The third-order valence-electron chi connectivity index (χ3n) is 5.49. The van der Waals surface area contributed by atoms with Gasteiger partial charge in [-0.25, -0.2) is 0 Å². The molecule has 0 saturated heterocycles. The van der Waals surface area contributed by atoms with E-state index in [1.807, 2.05) is 30.3 Å². The maximum absolute atomic E-state index is 13.2. The molecule has 0 spiro atoms. The van der Waals surface area contributed by atoms with Crippen LogP contribution in [-0.2, 0) is 34.9 Å². The predicted molar refractivity (Wildman–Crippen MR) is 121 cm³/mol. The van der Waals surface area contributed by atoms with Crippen LogP contribution in [0.1, 0.15) is 40.2 Å². The molecular weight excluding hydrogens is 486 g/mol. The smallest absolute Gasteiger partial charge is 0.376 e. The standard InChI is InChI=1S/C26H24F6N2O2/c27-25(28,29)22-8-6-19(14-23(22)26(30,31)32)16-36-17-21(20-4-2-1-3-5-20)15-34-24(35)9-7-18-10-12-33-13-11-18/h1-6,8,10-14,21H,7,9,15-17H2,(H,34,35). The highest BCUT2D eigenvalue weighted by atomic mass is 19.4. The van der Waals surface area contributed by atoms with E-state index in [1.165, 1.54) is 0 Å². The van der Waals surface area contributed by atoms with Gasteiger partial charge in [-0.1, -0.05) is 36.4 Å². The maximum atomic E-state index is 13.2. The largest absolute Gasteiger partial charge is 0.417 e. The van der Waals surface area contributed by atoms with Crippen molar-refractivity contribution in [1.29, 1.82) is 0 Å². The van der Waals surface area contributed by atoms with Gasteiger partial charge in [0, 0.05) is 31.3 Å². The number of carbonyl (C=O) groups excluding carboxylic acids is 1. The fourth-order valence-electron chi connectivity index (χ4n) is 3.61. The number of rotatable bonds is 10. The van der Waals surface area contributed by atoms with Gasteiger partial charge in [-0.15, -0.1) is 0 Å². The molecule has 1 atom stereocenters. The zero-order chi connectivity index (χ0) is 26.2. The summed E-state index contributed by atoms with van der Waals surface area (Å²) >= 11 is 0. The number of amides is 1. The summed E-state index contributed by atoms with van der Waals surface area (Å²) in [6.45, 7) is -0.0580. The van der Waals surface area contributed by atoms with Crippen LogP contribution in [0.2, 0.25) is 0 Å². The molecule has 0 aliphatic rings. The number of benzene rings is 2. The molecule has 0 saturated carbocycles. The van der Waals surface area contributed by atoms with Crippen molar-refractivity contribution in [2.45, 2.75) is 37.7 Å². The molecule has 1 amide bonds. The number of alkyl halides is 6. The van der Waals surface area contributed by atoms with E-state index < -0.39 is 23.5 Å². The summed E-state index contributed by atoms with van der Waals surface area (Å²) in [5.41, 5.74) is -1.72. The van der Waals surface area contributed by atoms with Gasteiger partial charge in [0.1, 0.15) is 0 Å². The highest BCUT2D eigenvalue weighted by Gasteiger charge is 2.43. The summed E-state index contributed by atoms with van der Waals surface area (Å²) in [4.78, 5) is 16.3. The van der Waals surface area contributed by atoms with Crippen molar-refractivity contribution in [3.63, 3.8) is 0 Å². The summed E-state index contributed by atoms with van der Waals surface area (Å²) in [5.74, 6) is -0.488. The molecule has 4 nitrogen and oxygen atoms in total. The van der Waals surface area contributed by atoms with Gasteiger partial charge in [-0.05, 0) is 47.4 Å². The van der Waals surface area contributed by atoms with E-state index in [9.17, 15) is 31.1 Å². The minimum Gasteiger partial charge on any atom is -0.376 e. The zero-order valence-electron chi connectivity index (χ0n) is 19.1. The van der Waals surface area contributed by atoms with E-state index >= 15 is 0 Å². The number of hydrogen-bond donors (Lipinski definition) is 1. The van der Waals surface area contributed by atoms with Crippen molar-refractivity contribution in [2.75, 3.05) is 13.2 Å². The molecule has 0 aliphatic heterocycles. The van der Waals surface area contributed by atoms with E-state index in [-0.39, 0.29) is 43.6 Å². The summed E-state index contributed by atoms with van der Waals surface area (Å²) in [5, 5.41) is 2.84. The molecule has 1 heterocycles. The molecule has 0 fully saturated rings. The number of nitrogens with one attached hydrogen (secondary N) is 1. The Bertz CT molecular complexity index is 1120. The normalized spacial score (nSPS) is 12.8. The lowest BCUT2D eigenvalue weighted by molar-refractivity contribution is -0.162. The Labute approximate surface area is 204 Å². The Morgan fingerprint density at radius 3 is 2.17 bits per heavy atom. The molecule has 0 aliphatic carbocycles. The second-order valence-corrected chi connectivity index (χ2v) is 8.16. The average Bonchev–Trinajstić information content (AvgIpc) is 2.84. The van der Waals surface area contributed by atoms with Crippen molar-refractivity contribution in [3.8, 4) is 0 Å². The predicted octanol–water partition coefficient (Wildman–Crippen LogP) is 6.17. The first-order valence-corrected chi connectivity index (χ1v) is 11.1. The first-order valence-electron chi connectivity index (χ1n) is 11.1. The maximum Gasteiger partial charge on any atom is 0.417 e. The van der Waals surface area contributed by atoms with Gasteiger partial charge in [0.15, 0.2) is 0 Å². The van der Waals surface area contributed by atoms with Gasteiger partial charge >= 0.3 is 12.4 Å². The third-order valence-corrected chi connectivity index (χ3v) is 5.49. The van der Waals surface area contributed by atoms with Crippen molar-refractivity contribution in [1.82, 2.24) is 10.3 Å². The molecule has 192 valence electrons.